The topological polar surface area (TPSA) is 49.5 Å². The van der Waals surface area contributed by atoms with Crippen LogP contribution in [-0.4, -0.2) is 39.9 Å². The van der Waals surface area contributed by atoms with Gasteiger partial charge in [-0.3, -0.25) is 4.90 Å². The van der Waals surface area contributed by atoms with E-state index < -0.39 is 11.7 Å². The molecule has 2 rings (SSSR count). The molecule has 110 valence electrons. The van der Waals surface area contributed by atoms with Gasteiger partial charge in [0.15, 0.2) is 0 Å². The third-order valence-corrected chi connectivity index (χ3v) is 4.13. The highest BCUT2D eigenvalue weighted by Gasteiger charge is 2.57. The Balaban J connectivity index is 2.00. The van der Waals surface area contributed by atoms with Crippen LogP contribution in [0, 0.1) is 5.92 Å². The van der Waals surface area contributed by atoms with Gasteiger partial charge < -0.3 is 9.84 Å². The summed E-state index contributed by atoms with van der Waals surface area (Å²) in [7, 11) is 0. The number of carbonyl (C=O) groups is 1. The van der Waals surface area contributed by atoms with E-state index in [4.69, 9.17) is 4.74 Å². The van der Waals surface area contributed by atoms with E-state index in [1.807, 2.05) is 20.8 Å². The Labute approximate surface area is 116 Å². The van der Waals surface area contributed by atoms with Crippen molar-refractivity contribution in [3.8, 4) is 0 Å². The predicted molar refractivity (Wildman–Crippen MR) is 73.9 cm³/mol. The summed E-state index contributed by atoms with van der Waals surface area (Å²) in [5, 5.41) is 9.86. The van der Waals surface area contributed by atoms with Gasteiger partial charge in [0.25, 0.3) is 0 Å². The van der Waals surface area contributed by atoms with Crippen LogP contribution in [0.25, 0.3) is 0 Å². The molecule has 19 heavy (non-hydrogen) atoms. The van der Waals surface area contributed by atoms with Crippen LogP contribution in [0.5, 0.6) is 0 Å². The average molecular weight is 269 g/mol. The quantitative estimate of drug-likeness (QED) is 0.784. The molecule has 1 N–H and O–H groups in total. The summed E-state index contributed by atoms with van der Waals surface area (Å²) in [6.45, 7) is 7.40. The van der Waals surface area contributed by atoms with Crippen molar-refractivity contribution in [2.45, 2.75) is 83.6 Å². The van der Waals surface area contributed by atoms with E-state index in [2.05, 4.69) is 0 Å². The van der Waals surface area contributed by atoms with E-state index in [1.54, 1.807) is 11.8 Å². The number of aliphatic hydroxyl groups is 1. The number of hydrogen-bond acceptors (Lipinski definition) is 3. The summed E-state index contributed by atoms with van der Waals surface area (Å²) in [5.41, 5.74) is -0.472. The molecule has 4 heteroatoms. The molecule has 0 bridgehead atoms. The molecule has 0 radical (unpaired) electrons. The Hall–Kier alpha value is -0.770. The average Bonchev–Trinajstić information content (AvgIpc) is 3.03. The van der Waals surface area contributed by atoms with Gasteiger partial charge in [0.2, 0.25) is 0 Å². The lowest BCUT2D eigenvalue weighted by Crippen LogP contribution is -2.30. The Morgan fingerprint density at radius 3 is 2.32 bits per heavy atom. The van der Waals surface area contributed by atoms with Crippen molar-refractivity contribution in [1.29, 1.82) is 0 Å². The monoisotopic (exact) mass is 269 g/mol. The zero-order chi connectivity index (χ0) is 14.2. The van der Waals surface area contributed by atoms with Crippen LogP contribution in [0.2, 0.25) is 0 Å². The van der Waals surface area contributed by atoms with Crippen molar-refractivity contribution in [3.05, 3.63) is 0 Å². The molecule has 4 nitrogen and oxygen atoms in total. The van der Waals surface area contributed by atoms with Crippen molar-refractivity contribution < 1.29 is 14.6 Å². The molecule has 1 saturated carbocycles. The number of rotatable bonds is 2. The number of nitrogens with zero attached hydrogens (tertiary/aromatic N) is 1. The molecule has 0 spiro atoms. The van der Waals surface area contributed by atoms with E-state index >= 15 is 0 Å². The highest BCUT2D eigenvalue weighted by atomic mass is 16.6. The molecular weight excluding hydrogens is 242 g/mol. The van der Waals surface area contributed by atoms with Gasteiger partial charge in [-0.1, -0.05) is 19.3 Å². The molecule has 0 unspecified atom stereocenters. The molecule has 2 aliphatic rings. The van der Waals surface area contributed by atoms with E-state index in [0.29, 0.717) is 5.92 Å². The van der Waals surface area contributed by atoms with Gasteiger partial charge in [-0.25, -0.2) is 4.79 Å². The van der Waals surface area contributed by atoms with Crippen LogP contribution < -0.4 is 0 Å². The van der Waals surface area contributed by atoms with E-state index in [0.717, 1.165) is 0 Å². The van der Waals surface area contributed by atoms with Crippen molar-refractivity contribution in [2.24, 2.45) is 5.92 Å². The molecule has 2 fully saturated rings. The third kappa shape index (κ3) is 3.41. The van der Waals surface area contributed by atoms with E-state index in [9.17, 15) is 9.90 Å². The van der Waals surface area contributed by atoms with Crippen molar-refractivity contribution in [3.63, 3.8) is 0 Å². The lowest BCUT2D eigenvalue weighted by atomic mass is 9.85. The number of carbonyl (C=O) groups excluding carboxylic acids is 1. The minimum absolute atomic E-state index is 0.0436. The molecule has 1 aliphatic carbocycles. The van der Waals surface area contributed by atoms with E-state index in [1.165, 1.54) is 32.1 Å². The minimum Gasteiger partial charge on any atom is -0.444 e. The van der Waals surface area contributed by atoms with Gasteiger partial charge in [-0.05, 0) is 46.5 Å². The zero-order valence-corrected chi connectivity index (χ0v) is 12.6. The largest absolute Gasteiger partial charge is 0.444 e. The Bertz CT molecular complexity index is 329. The summed E-state index contributed by atoms with van der Waals surface area (Å²) in [6.07, 6.45) is 5.40. The molecular formula is C15H27NO3. The Morgan fingerprint density at radius 2 is 1.84 bits per heavy atom. The molecule has 0 aromatic rings. The molecule has 1 saturated heterocycles. The fraction of sp³-hybridized carbons (Fsp3) is 0.933. The highest BCUT2D eigenvalue weighted by molar-refractivity contribution is 5.73. The summed E-state index contributed by atoms with van der Waals surface area (Å²) in [4.78, 5) is 13.9. The van der Waals surface area contributed by atoms with Crippen molar-refractivity contribution in [1.82, 2.24) is 4.90 Å². The van der Waals surface area contributed by atoms with Crippen molar-refractivity contribution in [2.75, 3.05) is 0 Å². The first-order chi connectivity index (χ1) is 8.81. The fourth-order valence-corrected chi connectivity index (χ4v) is 3.33. The van der Waals surface area contributed by atoms with E-state index in [-0.39, 0.29) is 18.2 Å². The van der Waals surface area contributed by atoms with Crippen LogP contribution >= 0.6 is 0 Å². The maximum Gasteiger partial charge on any atom is 0.411 e. The zero-order valence-electron chi connectivity index (χ0n) is 12.6. The van der Waals surface area contributed by atoms with Gasteiger partial charge in [0.05, 0.1) is 18.2 Å². The second kappa shape index (κ2) is 5.31. The SMILES string of the molecule is C[C@H](O)[C@@H]1[C@@H](C2CCCCC2)N1C(=O)OC(C)(C)C. The lowest BCUT2D eigenvalue weighted by Gasteiger charge is -2.23. The number of amides is 1. The van der Waals surface area contributed by atoms with Crippen molar-refractivity contribution >= 4 is 6.09 Å². The van der Waals surface area contributed by atoms with Crippen LogP contribution in [0.3, 0.4) is 0 Å². The van der Waals surface area contributed by atoms with Crippen LogP contribution in [0.4, 0.5) is 4.79 Å². The first-order valence-electron chi connectivity index (χ1n) is 7.50. The van der Waals surface area contributed by atoms with Gasteiger partial charge in [0.1, 0.15) is 5.60 Å². The molecule has 3 atom stereocenters. The second-order valence-electron chi connectivity index (χ2n) is 7.01. The molecule has 1 amide bonds. The normalized spacial score (nSPS) is 30.1. The Morgan fingerprint density at radius 1 is 1.26 bits per heavy atom. The maximum atomic E-state index is 12.2. The van der Waals surface area contributed by atoms with Crippen LogP contribution in [0.1, 0.15) is 59.8 Å². The number of hydrogen-bond donors (Lipinski definition) is 1. The number of ether oxygens (including phenoxy) is 1. The Kier molecular flexibility index (Phi) is 4.09. The number of aliphatic hydroxyl groups excluding tert-OH is 1. The fourth-order valence-electron chi connectivity index (χ4n) is 3.33. The van der Waals surface area contributed by atoms with Gasteiger partial charge in [-0.2, -0.15) is 0 Å². The lowest BCUT2D eigenvalue weighted by molar-refractivity contribution is 0.0352. The summed E-state index contributed by atoms with van der Waals surface area (Å²) in [5.74, 6) is 0.542. The maximum absolute atomic E-state index is 12.2. The molecule has 1 aliphatic heterocycles. The predicted octanol–water partition coefficient (Wildman–Crippen LogP) is 2.94. The van der Waals surface area contributed by atoms with Crippen LogP contribution in [0.15, 0.2) is 0 Å². The standard InChI is InChI=1S/C15H27NO3/c1-10(17)12-13(11-8-6-5-7-9-11)16(12)14(18)19-15(2,3)4/h10-13,17H,5-9H2,1-4H3/t10-,12+,13+,16?/m0/s1. The summed E-state index contributed by atoms with van der Waals surface area (Å²) in [6, 6.07) is 0.146. The highest BCUT2D eigenvalue weighted by Crippen LogP contribution is 2.43. The minimum atomic E-state index is -0.473. The van der Waals surface area contributed by atoms with Crippen LogP contribution in [-0.2, 0) is 4.74 Å². The molecule has 0 aromatic carbocycles. The third-order valence-electron chi connectivity index (χ3n) is 4.13. The first-order valence-corrected chi connectivity index (χ1v) is 7.50. The van der Waals surface area contributed by atoms with Gasteiger partial charge in [-0.15, -0.1) is 0 Å². The second-order valence-corrected chi connectivity index (χ2v) is 7.01. The smallest absolute Gasteiger partial charge is 0.411 e. The van der Waals surface area contributed by atoms with Gasteiger partial charge >= 0.3 is 6.09 Å². The molecule has 1 heterocycles. The van der Waals surface area contributed by atoms with Gasteiger partial charge in [0, 0.05) is 0 Å². The molecule has 0 aromatic heterocycles. The summed E-state index contributed by atoms with van der Waals surface area (Å²) < 4.78 is 5.44. The first kappa shape index (κ1) is 14.6. The summed E-state index contributed by atoms with van der Waals surface area (Å²) >= 11 is 0.